The molecule has 0 spiro atoms. The number of rotatable bonds is 0. The van der Waals surface area contributed by atoms with E-state index >= 15 is 0 Å². The van der Waals surface area contributed by atoms with E-state index in [2.05, 4.69) is 13.4 Å². The lowest BCUT2D eigenvalue weighted by Crippen LogP contribution is -2.04. The molecule has 0 aliphatic carbocycles. The van der Waals surface area contributed by atoms with Gasteiger partial charge in [0.1, 0.15) is 0 Å². The van der Waals surface area contributed by atoms with Crippen LogP contribution in [0.3, 0.4) is 0 Å². The first-order valence-electron chi connectivity index (χ1n) is 1.91. The van der Waals surface area contributed by atoms with Crippen LogP contribution in [0.15, 0.2) is 0 Å². The summed E-state index contributed by atoms with van der Waals surface area (Å²) in [5, 5.41) is 0. The van der Waals surface area contributed by atoms with Gasteiger partial charge in [0.2, 0.25) is 0 Å². The lowest BCUT2D eigenvalue weighted by atomic mass is 11.5. The minimum absolute atomic E-state index is 1.20. The van der Waals surface area contributed by atoms with Crippen molar-refractivity contribution in [3.63, 3.8) is 0 Å². The van der Waals surface area contributed by atoms with E-state index in [9.17, 15) is 9.13 Å². The summed E-state index contributed by atoms with van der Waals surface area (Å²) in [5.74, 6) is -1.20. The molecule has 1 aliphatic heterocycles. The maximum atomic E-state index is 10.3. The highest BCUT2D eigenvalue weighted by Gasteiger charge is 2.22. The third kappa shape index (κ3) is 2.38. The molecule has 0 saturated carbocycles. The van der Waals surface area contributed by atoms with Crippen molar-refractivity contribution in [1.82, 2.24) is 0 Å². The van der Waals surface area contributed by atoms with Gasteiger partial charge in [-0.05, 0) is 0 Å². The SMILES string of the molecule is O=[PH]1OC(Cl)O[PH](=O)O1. The van der Waals surface area contributed by atoms with Gasteiger partial charge in [0.25, 0.3) is 5.75 Å². The fourth-order valence-electron chi connectivity index (χ4n) is 0.292. The van der Waals surface area contributed by atoms with Crippen LogP contribution in [-0.4, -0.2) is 5.75 Å². The van der Waals surface area contributed by atoms with Crippen molar-refractivity contribution in [3.8, 4) is 0 Å². The standard InChI is InChI=1S/CH3ClO5P2/c2-1-5-8(3)7-9(4)6-1/h1,8-9H. The van der Waals surface area contributed by atoms with E-state index in [0.717, 1.165) is 0 Å². The molecule has 0 bridgehead atoms. The Morgan fingerprint density at radius 3 is 2.00 bits per heavy atom. The van der Waals surface area contributed by atoms with Gasteiger partial charge >= 0.3 is 16.5 Å². The van der Waals surface area contributed by atoms with Gasteiger partial charge in [0.05, 0.1) is 0 Å². The molecule has 0 aromatic heterocycles. The van der Waals surface area contributed by atoms with Gasteiger partial charge in [-0.25, -0.2) is 4.31 Å². The van der Waals surface area contributed by atoms with Crippen molar-refractivity contribution in [2.75, 3.05) is 0 Å². The molecule has 1 rings (SSSR count). The number of hydrogen-bond donors (Lipinski definition) is 0. The highest BCUT2D eigenvalue weighted by atomic mass is 35.5. The number of hydrogen-bond acceptors (Lipinski definition) is 5. The summed E-state index contributed by atoms with van der Waals surface area (Å²) in [7, 11) is -5.33. The first-order chi connectivity index (χ1) is 4.18. The van der Waals surface area contributed by atoms with E-state index in [1.54, 1.807) is 0 Å². The van der Waals surface area contributed by atoms with Crippen LogP contribution >= 0.6 is 28.1 Å². The monoisotopic (exact) mass is 192 g/mol. The Kier molecular flexibility index (Phi) is 2.71. The van der Waals surface area contributed by atoms with Gasteiger partial charge in [-0.3, -0.25) is 18.2 Å². The van der Waals surface area contributed by atoms with Crippen LogP contribution in [0.5, 0.6) is 0 Å². The molecule has 0 amide bonds. The number of alkyl halides is 1. The third-order valence-electron chi connectivity index (χ3n) is 0.544. The van der Waals surface area contributed by atoms with Crippen molar-refractivity contribution < 1.29 is 22.5 Å². The molecule has 0 aromatic rings. The van der Waals surface area contributed by atoms with Crippen LogP contribution in [0, 0.1) is 0 Å². The summed E-state index contributed by atoms with van der Waals surface area (Å²) in [6.07, 6.45) is 0. The van der Waals surface area contributed by atoms with Gasteiger partial charge in [0, 0.05) is 0 Å². The van der Waals surface area contributed by atoms with Crippen molar-refractivity contribution >= 4 is 28.1 Å². The van der Waals surface area contributed by atoms with E-state index in [0.29, 0.717) is 0 Å². The molecule has 1 aliphatic rings. The molecular weight excluding hydrogens is 189 g/mol. The molecule has 0 radical (unpaired) electrons. The molecular formula is CH3ClO5P2. The summed E-state index contributed by atoms with van der Waals surface area (Å²) >= 11 is 5.13. The minimum atomic E-state index is -2.66. The van der Waals surface area contributed by atoms with Crippen LogP contribution in [0.2, 0.25) is 0 Å². The molecule has 0 aromatic carbocycles. The van der Waals surface area contributed by atoms with Gasteiger partial charge < -0.3 is 0 Å². The van der Waals surface area contributed by atoms with Crippen LogP contribution in [0.25, 0.3) is 0 Å². The smallest absolute Gasteiger partial charge is 0.264 e. The Morgan fingerprint density at radius 1 is 1.22 bits per heavy atom. The quantitative estimate of drug-likeness (QED) is 0.428. The first kappa shape index (κ1) is 7.73. The summed E-state index contributed by atoms with van der Waals surface area (Å²) in [5.41, 5.74) is 0. The Balaban J connectivity index is 2.53. The minimum Gasteiger partial charge on any atom is -0.264 e. The van der Waals surface area contributed by atoms with Crippen molar-refractivity contribution in [3.05, 3.63) is 0 Å². The highest BCUT2D eigenvalue weighted by molar-refractivity contribution is 7.48. The molecule has 1 heterocycles. The normalized spacial score (nSPS) is 44.8. The second-order valence-corrected chi connectivity index (χ2v) is 3.76. The van der Waals surface area contributed by atoms with Gasteiger partial charge in [-0.1, -0.05) is 11.6 Å². The predicted octanol–water partition coefficient (Wildman–Crippen LogP) is 1.35. The van der Waals surface area contributed by atoms with Crippen LogP contribution < -0.4 is 0 Å². The average molecular weight is 192 g/mol. The Morgan fingerprint density at radius 2 is 1.67 bits per heavy atom. The lowest BCUT2D eigenvalue weighted by Gasteiger charge is -2.15. The van der Waals surface area contributed by atoms with E-state index in [1.807, 2.05) is 0 Å². The molecule has 0 N–H and O–H groups in total. The molecule has 2 unspecified atom stereocenters. The molecule has 5 nitrogen and oxygen atoms in total. The topological polar surface area (TPSA) is 61.8 Å². The second kappa shape index (κ2) is 3.15. The molecule has 9 heavy (non-hydrogen) atoms. The van der Waals surface area contributed by atoms with Gasteiger partial charge in [-0.2, -0.15) is 0 Å². The predicted molar refractivity (Wildman–Crippen MR) is 30.9 cm³/mol. The van der Waals surface area contributed by atoms with E-state index in [4.69, 9.17) is 11.6 Å². The van der Waals surface area contributed by atoms with Crippen LogP contribution in [-0.2, 0) is 22.5 Å². The van der Waals surface area contributed by atoms with Gasteiger partial charge in [-0.15, -0.1) is 0 Å². The zero-order chi connectivity index (χ0) is 6.85. The van der Waals surface area contributed by atoms with E-state index in [1.165, 1.54) is 0 Å². The average Bonchev–Trinajstić information content (AvgIpc) is 1.59. The van der Waals surface area contributed by atoms with E-state index < -0.39 is 22.3 Å². The largest absolute Gasteiger partial charge is 0.329 e. The highest BCUT2D eigenvalue weighted by Crippen LogP contribution is 2.47. The van der Waals surface area contributed by atoms with Crippen LogP contribution in [0.1, 0.15) is 0 Å². The molecule has 54 valence electrons. The van der Waals surface area contributed by atoms with E-state index in [-0.39, 0.29) is 0 Å². The molecule has 1 fully saturated rings. The fraction of sp³-hybridized carbons (Fsp3) is 1.00. The third-order valence-corrected chi connectivity index (χ3v) is 3.17. The maximum Gasteiger partial charge on any atom is 0.329 e. The lowest BCUT2D eigenvalue weighted by molar-refractivity contribution is 0.0498. The maximum absolute atomic E-state index is 10.3. The zero-order valence-corrected chi connectivity index (χ0v) is 6.75. The summed E-state index contributed by atoms with van der Waals surface area (Å²) < 4.78 is 33.2. The molecule has 8 heteroatoms. The van der Waals surface area contributed by atoms with Crippen molar-refractivity contribution in [2.45, 2.75) is 5.75 Å². The zero-order valence-electron chi connectivity index (χ0n) is 4.00. The summed E-state index contributed by atoms with van der Waals surface area (Å²) in [6.45, 7) is 0. The summed E-state index contributed by atoms with van der Waals surface area (Å²) in [4.78, 5) is 0. The summed E-state index contributed by atoms with van der Waals surface area (Å²) in [6, 6.07) is 0. The van der Waals surface area contributed by atoms with Gasteiger partial charge in [0.15, 0.2) is 0 Å². The Labute approximate surface area is 57.1 Å². The fourth-order valence-corrected chi connectivity index (χ4v) is 2.15. The first-order valence-corrected chi connectivity index (χ1v) is 4.80. The molecule has 2 atom stereocenters. The Hall–Kier alpha value is 0.630. The van der Waals surface area contributed by atoms with Crippen molar-refractivity contribution in [2.24, 2.45) is 0 Å². The van der Waals surface area contributed by atoms with Crippen LogP contribution in [0.4, 0.5) is 0 Å². The van der Waals surface area contributed by atoms with Crippen molar-refractivity contribution in [1.29, 1.82) is 0 Å². The number of halogens is 1. The molecule has 1 saturated heterocycles. The Bertz CT molecular complexity index is 141. The second-order valence-electron chi connectivity index (χ2n) is 1.11.